The van der Waals surface area contributed by atoms with Crippen molar-refractivity contribution < 1.29 is 22.7 Å². The van der Waals surface area contributed by atoms with Crippen molar-refractivity contribution in [1.82, 2.24) is 0 Å². The molecule has 0 radical (unpaired) electrons. The van der Waals surface area contributed by atoms with Crippen molar-refractivity contribution in [3.05, 3.63) is 16.3 Å². The fourth-order valence-electron chi connectivity index (χ4n) is 1.90. The number of rotatable bonds is 3. The zero-order valence-corrected chi connectivity index (χ0v) is 11.8. The van der Waals surface area contributed by atoms with Crippen molar-refractivity contribution in [2.75, 3.05) is 23.9 Å². The van der Waals surface area contributed by atoms with Crippen LogP contribution in [-0.4, -0.2) is 38.9 Å². The SMILES string of the molecule is COC(=O)c1sccc1NC(=O)C1CCS(=O)(=O)C1. The van der Waals surface area contributed by atoms with Crippen molar-refractivity contribution in [1.29, 1.82) is 0 Å². The molecule has 2 heterocycles. The van der Waals surface area contributed by atoms with E-state index in [9.17, 15) is 18.0 Å². The van der Waals surface area contributed by atoms with E-state index in [-0.39, 0.29) is 17.4 Å². The fourth-order valence-corrected chi connectivity index (χ4v) is 4.40. The summed E-state index contributed by atoms with van der Waals surface area (Å²) >= 11 is 1.16. The first-order valence-electron chi connectivity index (χ1n) is 5.60. The number of hydrogen-bond acceptors (Lipinski definition) is 6. The van der Waals surface area contributed by atoms with Gasteiger partial charge in [0.15, 0.2) is 9.84 Å². The molecule has 6 nitrogen and oxygen atoms in total. The van der Waals surface area contributed by atoms with Crippen molar-refractivity contribution in [3.8, 4) is 0 Å². The molecule has 0 aliphatic carbocycles. The molecule has 1 aromatic heterocycles. The van der Waals surface area contributed by atoms with Gasteiger partial charge in [-0.15, -0.1) is 11.3 Å². The minimum absolute atomic E-state index is 0.0403. The number of methoxy groups -OCH3 is 1. The van der Waals surface area contributed by atoms with Crippen LogP contribution in [0.25, 0.3) is 0 Å². The second kappa shape index (κ2) is 5.30. The summed E-state index contributed by atoms with van der Waals surface area (Å²) in [6.45, 7) is 0. The summed E-state index contributed by atoms with van der Waals surface area (Å²) in [7, 11) is -1.84. The van der Waals surface area contributed by atoms with Crippen molar-refractivity contribution in [3.63, 3.8) is 0 Å². The minimum atomic E-state index is -3.10. The summed E-state index contributed by atoms with van der Waals surface area (Å²) in [6.07, 6.45) is 0.325. The molecule has 1 amide bonds. The molecule has 1 aromatic rings. The molecule has 1 saturated heterocycles. The molecule has 1 fully saturated rings. The monoisotopic (exact) mass is 303 g/mol. The lowest BCUT2D eigenvalue weighted by Crippen LogP contribution is -2.24. The second-order valence-corrected chi connectivity index (χ2v) is 7.39. The number of thiophene rings is 1. The van der Waals surface area contributed by atoms with Crippen molar-refractivity contribution in [2.45, 2.75) is 6.42 Å². The highest BCUT2D eigenvalue weighted by atomic mass is 32.2. The molecule has 8 heteroatoms. The Hall–Kier alpha value is -1.41. The van der Waals surface area contributed by atoms with Crippen LogP contribution < -0.4 is 5.32 Å². The van der Waals surface area contributed by atoms with Gasteiger partial charge < -0.3 is 10.1 Å². The van der Waals surface area contributed by atoms with Crippen LogP contribution in [0.2, 0.25) is 0 Å². The molecule has 0 aromatic carbocycles. The molecular weight excluding hydrogens is 290 g/mol. The van der Waals surface area contributed by atoms with Gasteiger partial charge >= 0.3 is 5.97 Å². The minimum Gasteiger partial charge on any atom is -0.465 e. The molecule has 0 saturated carbocycles. The number of anilines is 1. The molecule has 0 bridgehead atoms. The van der Waals surface area contributed by atoms with Gasteiger partial charge in [-0.2, -0.15) is 0 Å². The number of carbonyl (C=O) groups is 2. The number of hydrogen-bond donors (Lipinski definition) is 1. The molecule has 104 valence electrons. The van der Waals surface area contributed by atoms with Crippen molar-refractivity contribution in [2.24, 2.45) is 5.92 Å². The van der Waals surface area contributed by atoms with E-state index in [4.69, 9.17) is 0 Å². The molecule has 1 N–H and O–H groups in total. The van der Waals surface area contributed by atoms with Gasteiger partial charge in [-0.3, -0.25) is 4.79 Å². The van der Waals surface area contributed by atoms with Crippen LogP contribution in [0.4, 0.5) is 5.69 Å². The van der Waals surface area contributed by atoms with Crippen LogP contribution in [0.3, 0.4) is 0 Å². The Kier molecular flexibility index (Phi) is 3.91. The third-order valence-corrected chi connectivity index (χ3v) is 5.56. The van der Waals surface area contributed by atoms with Crippen LogP contribution >= 0.6 is 11.3 Å². The lowest BCUT2D eigenvalue weighted by molar-refractivity contribution is -0.119. The van der Waals surface area contributed by atoms with Gasteiger partial charge in [0.1, 0.15) is 4.88 Å². The molecule has 1 unspecified atom stereocenters. The predicted octanol–water partition coefficient (Wildman–Crippen LogP) is 0.908. The van der Waals surface area contributed by atoms with E-state index in [1.165, 1.54) is 7.11 Å². The normalized spacial score (nSPS) is 21.0. The van der Waals surface area contributed by atoms with Gasteiger partial charge in [0.25, 0.3) is 0 Å². The van der Waals surface area contributed by atoms with Crippen LogP contribution in [0.15, 0.2) is 11.4 Å². The van der Waals surface area contributed by atoms with Gasteiger partial charge in [-0.25, -0.2) is 13.2 Å². The Morgan fingerprint density at radius 2 is 2.21 bits per heavy atom. The van der Waals surface area contributed by atoms with E-state index in [2.05, 4.69) is 10.1 Å². The first-order chi connectivity index (χ1) is 8.93. The van der Waals surface area contributed by atoms with Gasteiger partial charge in [0.05, 0.1) is 30.2 Å². The average Bonchev–Trinajstić information content (AvgIpc) is 2.94. The van der Waals surface area contributed by atoms with Gasteiger partial charge in [-0.1, -0.05) is 0 Å². The van der Waals surface area contributed by atoms with Crippen LogP contribution in [0.1, 0.15) is 16.1 Å². The highest BCUT2D eigenvalue weighted by Gasteiger charge is 2.33. The smallest absolute Gasteiger partial charge is 0.350 e. The summed E-state index contributed by atoms with van der Waals surface area (Å²) in [5.74, 6) is -1.53. The highest BCUT2D eigenvalue weighted by Crippen LogP contribution is 2.25. The average molecular weight is 303 g/mol. The molecule has 1 aliphatic rings. The Balaban J connectivity index is 2.08. The molecule has 2 rings (SSSR count). The van der Waals surface area contributed by atoms with E-state index in [1.54, 1.807) is 11.4 Å². The Morgan fingerprint density at radius 1 is 1.47 bits per heavy atom. The van der Waals surface area contributed by atoms with Gasteiger partial charge in [0, 0.05) is 0 Å². The van der Waals surface area contributed by atoms with Crippen LogP contribution in [0.5, 0.6) is 0 Å². The molecule has 1 atom stereocenters. The first kappa shape index (κ1) is 14.0. The lowest BCUT2D eigenvalue weighted by atomic mass is 10.1. The maximum absolute atomic E-state index is 11.9. The summed E-state index contributed by atoms with van der Waals surface area (Å²) in [6, 6.07) is 1.60. The Morgan fingerprint density at radius 3 is 2.79 bits per heavy atom. The largest absolute Gasteiger partial charge is 0.465 e. The summed E-state index contributed by atoms with van der Waals surface area (Å²) in [5.41, 5.74) is 0.367. The Labute approximate surface area is 114 Å². The summed E-state index contributed by atoms with van der Waals surface area (Å²) < 4.78 is 27.2. The second-order valence-electron chi connectivity index (χ2n) is 4.24. The van der Waals surface area contributed by atoms with E-state index >= 15 is 0 Å². The van der Waals surface area contributed by atoms with E-state index in [1.807, 2.05) is 0 Å². The number of esters is 1. The quantitative estimate of drug-likeness (QED) is 0.838. The number of sulfone groups is 1. The highest BCUT2D eigenvalue weighted by molar-refractivity contribution is 7.91. The molecule has 1 aliphatic heterocycles. The zero-order valence-electron chi connectivity index (χ0n) is 10.2. The molecular formula is C11H13NO5S2. The maximum atomic E-state index is 11.9. The third kappa shape index (κ3) is 3.13. The summed E-state index contributed by atoms with van der Waals surface area (Å²) in [5, 5.41) is 4.25. The fraction of sp³-hybridized carbons (Fsp3) is 0.455. The maximum Gasteiger partial charge on any atom is 0.350 e. The number of nitrogens with one attached hydrogen (secondary N) is 1. The topological polar surface area (TPSA) is 89.5 Å². The first-order valence-corrected chi connectivity index (χ1v) is 8.30. The standard InChI is InChI=1S/C11H13NO5S2/c1-17-11(14)9-8(2-4-18-9)12-10(13)7-3-5-19(15,16)6-7/h2,4,7H,3,5-6H2,1H3,(H,12,13). The zero-order chi connectivity index (χ0) is 14.0. The van der Waals surface area contributed by atoms with E-state index in [0.29, 0.717) is 17.0 Å². The Bertz CT molecular complexity index is 604. The number of carbonyl (C=O) groups excluding carboxylic acids is 2. The van der Waals surface area contributed by atoms with Crippen molar-refractivity contribution >= 4 is 38.7 Å². The van der Waals surface area contributed by atoms with Gasteiger partial charge in [0.2, 0.25) is 5.91 Å². The number of amides is 1. The van der Waals surface area contributed by atoms with Crippen LogP contribution in [0, 0.1) is 5.92 Å². The van der Waals surface area contributed by atoms with E-state index < -0.39 is 21.7 Å². The number of ether oxygens (including phenoxy) is 1. The summed E-state index contributed by atoms with van der Waals surface area (Å²) in [4.78, 5) is 23.7. The lowest BCUT2D eigenvalue weighted by Gasteiger charge is -2.09. The molecule has 0 spiro atoms. The van der Waals surface area contributed by atoms with Gasteiger partial charge in [-0.05, 0) is 17.9 Å². The van der Waals surface area contributed by atoms with Crippen LogP contribution in [-0.2, 0) is 19.4 Å². The third-order valence-electron chi connectivity index (χ3n) is 2.90. The van der Waals surface area contributed by atoms with E-state index in [0.717, 1.165) is 11.3 Å². The molecule has 19 heavy (non-hydrogen) atoms. The predicted molar refractivity (Wildman–Crippen MR) is 71.0 cm³/mol.